The summed E-state index contributed by atoms with van der Waals surface area (Å²) in [6, 6.07) is 14.2. The number of ether oxygens (including phenoxy) is 2. The fourth-order valence-electron chi connectivity index (χ4n) is 3.42. The van der Waals surface area contributed by atoms with Crippen molar-refractivity contribution in [1.29, 1.82) is 0 Å². The first-order valence-electron chi connectivity index (χ1n) is 8.91. The molecule has 136 valence electrons. The molecular weight excluding hydrogens is 330 g/mol. The Hall–Kier alpha value is -2.73. The van der Waals surface area contributed by atoms with Crippen molar-refractivity contribution in [1.82, 2.24) is 4.90 Å². The van der Waals surface area contributed by atoms with Crippen molar-refractivity contribution in [3.63, 3.8) is 0 Å². The van der Waals surface area contributed by atoms with Crippen LogP contribution in [0.25, 0.3) is 0 Å². The SMILES string of the molecule is CC(=O)Nc1ccc(N2CCN(Cc3ccc4c(c3)OCO4)CC2)cc1. The molecule has 4 rings (SSSR count). The number of benzene rings is 2. The van der Waals surface area contributed by atoms with Crippen LogP contribution in [0.2, 0.25) is 0 Å². The number of hydrogen-bond donors (Lipinski definition) is 1. The molecule has 6 heteroatoms. The molecule has 0 unspecified atom stereocenters. The van der Waals surface area contributed by atoms with E-state index in [0.717, 1.165) is 49.9 Å². The van der Waals surface area contributed by atoms with Crippen LogP contribution in [0.5, 0.6) is 11.5 Å². The molecule has 1 N–H and O–H groups in total. The lowest BCUT2D eigenvalue weighted by Gasteiger charge is -2.36. The molecule has 6 nitrogen and oxygen atoms in total. The molecule has 0 saturated carbocycles. The van der Waals surface area contributed by atoms with Crippen molar-refractivity contribution in [3.05, 3.63) is 48.0 Å². The number of fused-ring (bicyclic) bond motifs is 1. The van der Waals surface area contributed by atoms with Gasteiger partial charge < -0.3 is 19.7 Å². The molecule has 0 atom stereocenters. The lowest BCUT2D eigenvalue weighted by molar-refractivity contribution is -0.114. The minimum absolute atomic E-state index is 0.0464. The molecule has 2 aromatic carbocycles. The summed E-state index contributed by atoms with van der Waals surface area (Å²) in [4.78, 5) is 15.9. The minimum atomic E-state index is -0.0464. The van der Waals surface area contributed by atoms with Crippen LogP contribution >= 0.6 is 0 Å². The summed E-state index contributed by atoms with van der Waals surface area (Å²) in [7, 11) is 0. The van der Waals surface area contributed by atoms with E-state index in [0.29, 0.717) is 6.79 Å². The van der Waals surface area contributed by atoms with Gasteiger partial charge in [-0.15, -0.1) is 0 Å². The number of anilines is 2. The molecular formula is C20H23N3O3. The molecule has 2 heterocycles. The average Bonchev–Trinajstić information content (AvgIpc) is 3.10. The smallest absolute Gasteiger partial charge is 0.231 e. The number of carbonyl (C=O) groups is 1. The summed E-state index contributed by atoms with van der Waals surface area (Å²) >= 11 is 0. The topological polar surface area (TPSA) is 54.0 Å². The van der Waals surface area contributed by atoms with E-state index in [4.69, 9.17) is 9.47 Å². The third-order valence-electron chi connectivity index (χ3n) is 4.77. The van der Waals surface area contributed by atoms with Gasteiger partial charge in [-0.2, -0.15) is 0 Å². The van der Waals surface area contributed by atoms with Crippen LogP contribution in [0.15, 0.2) is 42.5 Å². The van der Waals surface area contributed by atoms with E-state index in [-0.39, 0.29) is 5.91 Å². The average molecular weight is 353 g/mol. The van der Waals surface area contributed by atoms with E-state index in [1.54, 1.807) is 0 Å². The maximum atomic E-state index is 11.1. The first-order chi connectivity index (χ1) is 12.7. The Morgan fingerprint density at radius 3 is 2.46 bits per heavy atom. The van der Waals surface area contributed by atoms with Crippen molar-refractivity contribution < 1.29 is 14.3 Å². The zero-order chi connectivity index (χ0) is 17.9. The van der Waals surface area contributed by atoms with E-state index in [1.807, 2.05) is 18.2 Å². The molecule has 2 aromatic rings. The summed E-state index contributed by atoms with van der Waals surface area (Å²) < 4.78 is 10.8. The predicted octanol–water partition coefficient (Wildman–Crippen LogP) is 2.70. The normalized spacial score (nSPS) is 16.6. The van der Waals surface area contributed by atoms with Crippen molar-refractivity contribution in [2.45, 2.75) is 13.5 Å². The Bertz CT molecular complexity index is 783. The fourth-order valence-corrected chi connectivity index (χ4v) is 3.42. The van der Waals surface area contributed by atoms with Crippen LogP contribution in [0.1, 0.15) is 12.5 Å². The van der Waals surface area contributed by atoms with Gasteiger partial charge in [0.25, 0.3) is 0 Å². The molecule has 0 aliphatic carbocycles. The Morgan fingerprint density at radius 1 is 1.00 bits per heavy atom. The Kier molecular flexibility index (Phi) is 4.67. The van der Waals surface area contributed by atoms with E-state index < -0.39 is 0 Å². The van der Waals surface area contributed by atoms with Gasteiger partial charge >= 0.3 is 0 Å². The highest BCUT2D eigenvalue weighted by atomic mass is 16.7. The van der Waals surface area contributed by atoms with Crippen LogP contribution in [0.4, 0.5) is 11.4 Å². The van der Waals surface area contributed by atoms with Crippen LogP contribution in [0, 0.1) is 0 Å². The molecule has 1 fully saturated rings. The van der Waals surface area contributed by atoms with Gasteiger partial charge in [0, 0.05) is 51.0 Å². The lowest BCUT2D eigenvalue weighted by atomic mass is 10.1. The number of hydrogen-bond acceptors (Lipinski definition) is 5. The van der Waals surface area contributed by atoms with Crippen LogP contribution in [-0.2, 0) is 11.3 Å². The van der Waals surface area contributed by atoms with Gasteiger partial charge in [-0.3, -0.25) is 9.69 Å². The van der Waals surface area contributed by atoms with E-state index in [1.165, 1.54) is 18.2 Å². The maximum Gasteiger partial charge on any atom is 0.231 e. The number of rotatable bonds is 4. The van der Waals surface area contributed by atoms with Crippen LogP contribution in [-0.4, -0.2) is 43.8 Å². The van der Waals surface area contributed by atoms with Gasteiger partial charge in [-0.05, 0) is 42.0 Å². The molecule has 2 aliphatic heterocycles. The fraction of sp³-hybridized carbons (Fsp3) is 0.350. The highest BCUT2D eigenvalue weighted by molar-refractivity contribution is 5.88. The van der Waals surface area contributed by atoms with Crippen molar-refractivity contribution >= 4 is 17.3 Å². The zero-order valence-corrected chi connectivity index (χ0v) is 14.9. The highest BCUT2D eigenvalue weighted by Gasteiger charge is 2.19. The van der Waals surface area contributed by atoms with Crippen molar-refractivity contribution in [2.24, 2.45) is 0 Å². The summed E-state index contributed by atoms with van der Waals surface area (Å²) in [5.41, 5.74) is 3.28. The molecule has 2 aliphatic rings. The van der Waals surface area contributed by atoms with E-state index >= 15 is 0 Å². The summed E-state index contributed by atoms with van der Waals surface area (Å²) in [5, 5.41) is 2.80. The number of nitrogens with zero attached hydrogens (tertiary/aromatic N) is 2. The number of amides is 1. The van der Waals surface area contributed by atoms with Gasteiger partial charge in [-0.1, -0.05) is 6.07 Å². The van der Waals surface area contributed by atoms with Crippen molar-refractivity contribution in [2.75, 3.05) is 43.2 Å². The van der Waals surface area contributed by atoms with E-state index in [9.17, 15) is 4.79 Å². The summed E-state index contributed by atoms with van der Waals surface area (Å²) in [5.74, 6) is 1.64. The monoisotopic (exact) mass is 353 g/mol. The molecule has 1 amide bonds. The van der Waals surface area contributed by atoms with Crippen molar-refractivity contribution in [3.8, 4) is 11.5 Å². The largest absolute Gasteiger partial charge is 0.454 e. The van der Waals surface area contributed by atoms with E-state index in [2.05, 4.69) is 39.4 Å². The van der Waals surface area contributed by atoms with Crippen LogP contribution in [0.3, 0.4) is 0 Å². The molecule has 0 bridgehead atoms. The van der Waals surface area contributed by atoms with Gasteiger partial charge in [0.05, 0.1) is 0 Å². The second-order valence-electron chi connectivity index (χ2n) is 6.68. The first-order valence-corrected chi connectivity index (χ1v) is 8.91. The quantitative estimate of drug-likeness (QED) is 0.916. The Balaban J connectivity index is 1.32. The third-order valence-corrected chi connectivity index (χ3v) is 4.77. The number of carbonyl (C=O) groups excluding carboxylic acids is 1. The lowest BCUT2D eigenvalue weighted by Crippen LogP contribution is -2.45. The van der Waals surface area contributed by atoms with Gasteiger partial charge in [-0.25, -0.2) is 0 Å². The minimum Gasteiger partial charge on any atom is -0.454 e. The second kappa shape index (κ2) is 7.25. The second-order valence-corrected chi connectivity index (χ2v) is 6.68. The maximum absolute atomic E-state index is 11.1. The molecule has 1 saturated heterocycles. The van der Waals surface area contributed by atoms with Gasteiger partial charge in [0.1, 0.15) is 0 Å². The number of nitrogens with one attached hydrogen (secondary N) is 1. The highest BCUT2D eigenvalue weighted by Crippen LogP contribution is 2.33. The third kappa shape index (κ3) is 3.75. The number of piperazine rings is 1. The summed E-state index contributed by atoms with van der Waals surface area (Å²) in [6.07, 6.45) is 0. The van der Waals surface area contributed by atoms with Gasteiger partial charge in [0.15, 0.2) is 11.5 Å². The predicted molar refractivity (Wildman–Crippen MR) is 101 cm³/mol. The van der Waals surface area contributed by atoms with Gasteiger partial charge in [0.2, 0.25) is 12.7 Å². The standard InChI is InChI=1S/C20H23N3O3/c1-15(24)21-17-3-5-18(6-4-17)23-10-8-22(9-11-23)13-16-2-7-19-20(12-16)26-14-25-19/h2-7,12H,8-11,13-14H2,1H3,(H,21,24). The Labute approximate surface area is 153 Å². The molecule has 0 spiro atoms. The molecule has 0 aromatic heterocycles. The Morgan fingerprint density at radius 2 is 1.73 bits per heavy atom. The summed E-state index contributed by atoms with van der Waals surface area (Å²) in [6.45, 7) is 6.77. The first kappa shape index (κ1) is 16.7. The van der Waals surface area contributed by atoms with Crippen LogP contribution < -0.4 is 19.7 Å². The molecule has 0 radical (unpaired) electrons. The molecule has 26 heavy (non-hydrogen) atoms. The zero-order valence-electron chi connectivity index (χ0n) is 14.9.